The molecule has 1 aliphatic carbocycles. The first-order valence-electron chi connectivity index (χ1n) is 7.53. The summed E-state index contributed by atoms with van der Waals surface area (Å²) in [5, 5.41) is 11.9. The molecule has 0 saturated heterocycles. The van der Waals surface area contributed by atoms with Gasteiger partial charge < -0.3 is 15.2 Å². The molecule has 0 atom stereocenters. The zero-order chi connectivity index (χ0) is 16.4. The van der Waals surface area contributed by atoms with E-state index in [4.69, 9.17) is 9.84 Å². The fourth-order valence-electron chi connectivity index (χ4n) is 2.58. The minimum Gasteiger partial charge on any atom is -0.488 e. The van der Waals surface area contributed by atoms with Gasteiger partial charge in [-0.2, -0.15) is 0 Å². The number of carbonyl (C=O) groups excluding carboxylic acids is 1. The van der Waals surface area contributed by atoms with E-state index >= 15 is 0 Å². The van der Waals surface area contributed by atoms with E-state index < -0.39 is 11.5 Å². The van der Waals surface area contributed by atoms with Crippen molar-refractivity contribution in [1.29, 1.82) is 0 Å². The van der Waals surface area contributed by atoms with Gasteiger partial charge in [0.15, 0.2) is 0 Å². The zero-order valence-electron chi connectivity index (χ0n) is 13.3. The van der Waals surface area contributed by atoms with E-state index in [0.717, 1.165) is 19.3 Å². The molecule has 1 fully saturated rings. The summed E-state index contributed by atoms with van der Waals surface area (Å²) in [6.07, 6.45) is 2.36. The fourth-order valence-corrected chi connectivity index (χ4v) is 2.58. The number of carbonyl (C=O) groups is 2. The summed E-state index contributed by atoms with van der Waals surface area (Å²) >= 11 is 0. The number of carboxylic acids is 1. The maximum Gasteiger partial charge on any atom is 0.305 e. The summed E-state index contributed by atoms with van der Waals surface area (Å²) in [5.74, 6) is -0.412. The number of aliphatic carboxylic acids is 1. The van der Waals surface area contributed by atoms with Gasteiger partial charge in [0.05, 0.1) is 12.0 Å². The summed E-state index contributed by atoms with van der Waals surface area (Å²) in [7, 11) is 0. The minimum absolute atomic E-state index is 0.0239. The fraction of sp³-hybridized carbons (Fsp3) is 0.529. The highest BCUT2D eigenvalue weighted by Crippen LogP contribution is 2.35. The lowest BCUT2D eigenvalue weighted by Gasteiger charge is -2.41. The highest BCUT2D eigenvalue weighted by Gasteiger charge is 2.40. The molecule has 1 amide bonds. The second kappa shape index (κ2) is 5.99. The van der Waals surface area contributed by atoms with Gasteiger partial charge in [0.25, 0.3) is 5.91 Å². The molecule has 0 unspecified atom stereocenters. The van der Waals surface area contributed by atoms with E-state index in [9.17, 15) is 9.59 Å². The molecule has 1 aromatic carbocycles. The lowest BCUT2D eigenvalue weighted by atomic mass is 9.74. The third-order valence-electron chi connectivity index (χ3n) is 3.72. The van der Waals surface area contributed by atoms with Crippen molar-refractivity contribution in [1.82, 2.24) is 5.32 Å². The van der Waals surface area contributed by atoms with Gasteiger partial charge in [-0.05, 0) is 64.3 Å². The standard InChI is InChI=1S/C17H23NO4/c1-16(2,3)22-13-7-5-12(6-8-13)15(21)18-17(9-4-10-17)11-14(19)20/h5-8H,4,9-11H2,1-3H3,(H,18,21)(H,19,20). The van der Waals surface area contributed by atoms with E-state index in [0.29, 0.717) is 11.3 Å². The molecule has 1 aliphatic rings. The van der Waals surface area contributed by atoms with Crippen LogP contribution in [0.15, 0.2) is 24.3 Å². The minimum atomic E-state index is -0.881. The van der Waals surface area contributed by atoms with E-state index in [1.165, 1.54) is 0 Å². The van der Waals surface area contributed by atoms with Crippen LogP contribution in [-0.2, 0) is 4.79 Å². The monoisotopic (exact) mass is 305 g/mol. The molecule has 0 radical (unpaired) electrons. The van der Waals surface area contributed by atoms with Crippen molar-refractivity contribution < 1.29 is 19.4 Å². The average Bonchev–Trinajstić information content (AvgIpc) is 2.34. The van der Waals surface area contributed by atoms with Crippen molar-refractivity contribution in [2.24, 2.45) is 0 Å². The Morgan fingerprint density at radius 2 is 1.82 bits per heavy atom. The van der Waals surface area contributed by atoms with Gasteiger partial charge in [0.1, 0.15) is 11.4 Å². The molecule has 120 valence electrons. The molecule has 2 N–H and O–H groups in total. The number of rotatable bonds is 5. The largest absolute Gasteiger partial charge is 0.488 e. The third kappa shape index (κ3) is 4.23. The summed E-state index contributed by atoms with van der Waals surface area (Å²) in [6.45, 7) is 5.87. The van der Waals surface area contributed by atoms with Crippen LogP contribution in [0.1, 0.15) is 56.8 Å². The molecular weight excluding hydrogens is 282 g/mol. The maximum absolute atomic E-state index is 12.3. The summed E-state index contributed by atoms with van der Waals surface area (Å²) < 4.78 is 5.71. The molecule has 5 nitrogen and oxygen atoms in total. The number of nitrogens with one attached hydrogen (secondary N) is 1. The molecule has 1 saturated carbocycles. The van der Waals surface area contributed by atoms with Crippen LogP contribution in [0.4, 0.5) is 0 Å². The quantitative estimate of drug-likeness (QED) is 0.877. The second-order valence-corrected chi connectivity index (χ2v) is 6.90. The number of carboxylic acid groups (broad SMARTS) is 1. The Balaban J connectivity index is 2.02. The van der Waals surface area contributed by atoms with Crippen molar-refractivity contribution in [2.45, 2.75) is 57.6 Å². The topological polar surface area (TPSA) is 75.6 Å². The molecule has 0 spiro atoms. The molecule has 5 heteroatoms. The Morgan fingerprint density at radius 3 is 2.23 bits per heavy atom. The van der Waals surface area contributed by atoms with Gasteiger partial charge in [-0.1, -0.05) is 0 Å². The molecule has 1 aromatic rings. The third-order valence-corrected chi connectivity index (χ3v) is 3.72. The van der Waals surface area contributed by atoms with E-state index in [1.54, 1.807) is 24.3 Å². The van der Waals surface area contributed by atoms with Gasteiger partial charge in [-0.3, -0.25) is 9.59 Å². The van der Waals surface area contributed by atoms with Crippen LogP contribution in [0.3, 0.4) is 0 Å². The predicted molar refractivity (Wildman–Crippen MR) is 83.1 cm³/mol. The van der Waals surface area contributed by atoms with E-state index in [-0.39, 0.29) is 17.9 Å². The Bertz CT molecular complexity index is 553. The summed E-state index contributed by atoms with van der Waals surface area (Å²) in [5.41, 5.74) is -0.358. The Hall–Kier alpha value is -2.04. The van der Waals surface area contributed by atoms with Gasteiger partial charge in [0, 0.05) is 5.56 Å². The van der Waals surface area contributed by atoms with Crippen LogP contribution in [0, 0.1) is 0 Å². The molecule has 0 aliphatic heterocycles. The van der Waals surface area contributed by atoms with Gasteiger partial charge in [-0.15, -0.1) is 0 Å². The first kappa shape index (κ1) is 16.3. The number of benzene rings is 1. The highest BCUT2D eigenvalue weighted by atomic mass is 16.5. The molecular formula is C17H23NO4. The SMILES string of the molecule is CC(C)(C)Oc1ccc(C(=O)NC2(CC(=O)O)CCC2)cc1. The zero-order valence-corrected chi connectivity index (χ0v) is 13.3. The molecule has 0 bridgehead atoms. The summed E-state index contributed by atoms with van der Waals surface area (Å²) in [6, 6.07) is 6.91. The number of hydrogen-bond acceptors (Lipinski definition) is 3. The first-order valence-corrected chi connectivity index (χ1v) is 7.53. The van der Waals surface area contributed by atoms with Crippen LogP contribution in [-0.4, -0.2) is 28.1 Å². The molecule has 22 heavy (non-hydrogen) atoms. The lowest BCUT2D eigenvalue weighted by molar-refractivity contribution is -0.139. The van der Waals surface area contributed by atoms with E-state index in [2.05, 4.69) is 5.32 Å². The normalized spacial score (nSPS) is 16.5. The number of hydrogen-bond donors (Lipinski definition) is 2. The van der Waals surface area contributed by atoms with Gasteiger partial charge in [0.2, 0.25) is 0 Å². The molecule has 2 rings (SSSR count). The smallest absolute Gasteiger partial charge is 0.305 e. The van der Waals surface area contributed by atoms with Crippen LogP contribution in [0.2, 0.25) is 0 Å². The van der Waals surface area contributed by atoms with Crippen LogP contribution < -0.4 is 10.1 Å². The Labute approximate surface area is 130 Å². The van der Waals surface area contributed by atoms with Crippen molar-refractivity contribution >= 4 is 11.9 Å². The first-order chi connectivity index (χ1) is 10.2. The van der Waals surface area contributed by atoms with Gasteiger partial charge >= 0.3 is 5.97 Å². The van der Waals surface area contributed by atoms with Crippen molar-refractivity contribution in [2.75, 3.05) is 0 Å². The summed E-state index contributed by atoms with van der Waals surface area (Å²) in [4.78, 5) is 23.2. The van der Waals surface area contributed by atoms with Gasteiger partial charge in [-0.25, -0.2) is 0 Å². The van der Waals surface area contributed by atoms with Crippen molar-refractivity contribution in [3.63, 3.8) is 0 Å². The van der Waals surface area contributed by atoms with Crippen molar-refractivity contribution in [3.8, 4) is 5.75 Å². The maximum atomic E-state index is 12.3. The van der Waals surface area contributed by atoms with Crippen LogP contribution in [0.5, 0.6) is 5.75 Å². The van der Waals surface area contributed by atoms with Crippen molar-refractivity contribution in [3.05, 3.63) is 29.8 Å². The van der Waals surface area contributed by atoms with E-state index in [1.807, 2.05) is 20.8 Å². The van der Waals surface area contributed by atoms with Crippen LogP contribution >= 0.6 is 0 Å². The average molecular weight is 305 g/mol. The second-order valence-electron chi connectivity index (χ2n) is 6.90. The number of amides is 1. The Kier molecular flexibility index (Phi) is 4.44. The Morgan fingerprint density at radius 1 is 1.23 bits per heavy atom. The number of ether oxygens (including phenoxy) is 1. The lowest BCUT2D eigenvalue weighted by Crippen LogP contribution is -2.54. The highest BCUT2D eigenvalue weighted by molar-refractivity contribution is 5.95. The molecule has 0 aromatic heterocycles. The molecule has 0 heterocycles. The van der Waals surface area contributed by atoms with Crippen LogP contribution in [0.25, 0.3) is 0 Å². The predicted octanol–water partition coefficient (Wildman–Crippen LogP) is 2.99.